The van der Waals surface area contributed by atoms with Crippen LogP contribution in [-0.4, -0.2) is 106 Å². The maximum atomic E-state index is 14.9. The van der Waals surface area contributed by atoms with Crippen molar-refractivity contribution in [2.75, 3.05) is 46.5 Å². The van der Waals surface area contributed by atoms with E-state index in [0.29, 0.717) is 57.4 Å². The van der Waals surface area contributed by atoms with Gasteiger partial charge in [0.15, 0.2) is 28.5 Å². The van der Waals surface area contributed by atoms with Crippen LogP contribution in [0, 0.1) is 13.8 Å². The summed E-state index contributed by atoms with van der Waals surface area (Å²) in [6, 6.07) is 7.77. The van der Waals surface area contributed by atoms with Gasteiger partial charge in [0.25, 0.3) is 0 Å². The minimum absolute atomic E-state index is 0.0189. The van der Waals surface area contributed by atoms with Crippen molar-refractivity contribution in [3.8, 4) is 28.7 Å². The van der Waals surface area contributed by atoms with Crippen LogP contribution >= 0.6 is 11.8 Å². The molecule has 8 aliphatic rings. The topological polar surface area (TPSA) is 175 Å². The second-order valence-electron chi connectivity index (χ2n) is 16.3. The number of likely N-dealkylation sites (N-methyl/N-ethyl adjacent to an activating group) is 1. The number of para-hydroxylation sites is 1. The number of aromatic amines is 1. The molecule has 300 valence electrons. The Morgan fingerprint density at radius 1 is 1.11 bits per heavy atom. The van der Waals surface area contributed by atoms with E-state index in [1.54, 1.807) is 0 Å². The molecule has 4 bridgehead atoms. The van der Waals surface area contributed by atoms with Gasteiger partial charge in [0, 0.05) is 83.3 Å². The summed E-state index contributed by atoms with van der Waals surface area (Å²) in [6.07, 6.45) is 0.940. The lowest BCUT2D eigenvalue weighted by Gasteiger charge is -2.60. The van der Waals surface area contributed by atoms with Crippen molar-refractivity contribution in [3.05, 3.63) is 75.0 Å². The summed E-state index contributed by atoms with van der Waals surface area (Å²) in [5.41, 5.74) is 3.83. The van der Waals surface area contributed by atoms with Gasteiger partial charge < -0.3 is 44.0 Å². The second kappa shape index (κ2) is 13.0. The molecule has 4 aromatic rings. The first-order valence-corrected chi connectivity index (χ1v) is 20.5. The predicted molar refractivity (Wildman–Crippen MR) is 209 cm³/mol. The lowest BCUT2D eigenvalue weighted by Crippen LogP contribution is -2.69. The number of nitrogens with zero attached hydrogens (tertiary/aromatic N) is 2. The van der Waals surface area contributed by atoms with E-state index >= 15 is 0 Å². The molecule has 14 nitrogen and oxygen atoms in total. The summed E-state index contributed by atoms with van der Waals surface area (Å²) in [7, 11) is 3.49. The molecule has 2 fully saturated rings. The molecule has 8 atom stereocenters. The molecule has 3 aromatic carbocycles. The highest BCUT2D eigenvalue weighted by atomic mass is 32.2. The van der Waals surface area contributed by atoms with Gasteiger partial charge in [-0.15, -0.1) is 11.8 Å². The van der Waals surface area contributed by atoms with Crippen LogP contribution in [0.25, 0.3) is 10.9 Å². The fraction of sp³-hybridized carbons (Fsp3) is 0.476. The zero-order valence-corrected chi connectivity index (χ0v) is 33.2. The first kappa shape index (κ1) is 36.8. The predicted octanol–water partition coefficient (Wildman–Crippen LogP) is 3.93. The molecule has 1 spiro atoms. The molecule has 0 amide bonds. The van der Waals surface area contributed by atoms with Crippen LogP contribution in [-0.2, 0) is 32.7 Å². The molecule has 9 heterocycles. The molecule has 0 aliphatic carbocycles. The molecular formula is C42H46N4O10S. The monoisotopic (exact) mass is 798 g/mol. The fourth-order valence-corrected chi connectivity index (χ4v) is 12.7. The number of aliphatic hydroxyl groups is 2. The Kier molecular flexibility index (Phi) is 8.39. The number of fused-ring (bicyclic) bond motifs is 9. The van der Waals surface area contributed by atoms with Crippen LogP contribution in [0.4, 0.5) is 0 Å². The van der Waals surface area contributed by atoms with Gasteiger partial charge in [-0.2, -0.15) is 0 Å². The summed E-state index contributed by atoms with van der Waals surface area (Å²) in [6.45, 7) is 5.07. The van der Waals surface area contributed by atoms with Crippen LogP contribution in [0.3, 0.4) is 0 Å². The zero-order chi connectivity index (χ0) is 39.7. The van der Waals surface area contributed by atoms with E-state index in [9.17, 15) is 24.9 Å². The number of phenols is 1. The Bertz CT molecular complexity index is 2380. The number of carbonyl (C=O) groups is 2. The smallest absolute Gasteiger partial charge is 0.333 e. The van der Waals surface area contributed by atoms with Crippen molar-refractivity contribution >= 4 is 34.6 Å². The van der Waals surface area contributed by atoms with E-state index in [4.69, 9.17) is 23.7 Å². The molecular weight excluding hydrogens is 753 g/mol. The molecule has 12 rings (SSSR count). The number of aliphatic hydroxyl groups excluding tert-OH is 1. The number of piperazine rings is 1. The number of hydrogen-bond donors (Lipinski definition) is 5. The van der Waals surface area contributed by atoms with Crippen molar-refractivity contribution in [1.29, 1.82) is 0 Å². The number of methoxy groups -OCH3 is 1. The number of ether oxygens (including phenoxy) is 5. The van der Waals surface area contributed by atoms with Gasteiger partial charge in [0.2, 0.25) is 6.79 Å². The Hall–Kier alpha value is -4.51. The van der Waals surface area contributed by atoms with Gasteiger partial charge >= 0.3 is 11.9 Å². The average Bonchev–Trinajstić information content (AvgIpc) is 3.76. The maximum Gasteiger partial charge on any atom is 0.333 e. The van der Waals surface area contributed by atoms with Crippen molar-refractivity contribution in [3.63, 3.8) is 0 Å². The van der Waals surface area contributed by atoms with E-state index in [1.807, 2.05) is 51.2 Å². The maximum absolute atomic E-state index is 14.9. The Morgan fingerprint density at radius 2 is 1.89 bits per heavy atom. The highest BCUT2D eigenvalue weighted by Gasteiger charge is 2.63. The number of hydrogen-bond acceptors (Lipinski definition) is 14. The lowest BCUT2D eigenvalue weighted by molar-refractivity contribution is -0.209. The van der Waals surface area contributed by atoms with Crippen LogP contribution < -0.4 is 24.3 Å². The molecule has 0 saturated carbocycles. The molecule has 8 aliphatic heterocycles. The van der Waals surface area contributed by atoms with Gasteiger partial charge in [-0.3, -0.25) is 19.9 Å². The fourth-order valence-electron chi connectivity index (χ4n) is 11.0. The molecule has 5 N–H and O–H groups in total. The number of aryl methyl sites for hydroxylation is 1. The van der Waals surface area contributed by atoms with E-state index in [1.165, 1.54) is 25.8 Å². The number of nitrogens with one attached hydrogen (secondary N) is 2. The van der Waals surface area contributed by atoms with Crippen LogP contribution in [0.1, 0.15) is 75.3 Å². The lowest BCUT2D eigenvalue weighted by atomic mass is 9.77. The third-order valence-corrected chi connectivity index (χ3v) is 14.5. The van der Waals surface area contributed by atoms with Gasteiger partial charge in [0.05, 0.1) is 37.3 Å². The van der Waals surface area contributed by atoms with E-state index < -0.39 is 52.6 Å². The standard InChI is InChI=1S/C42H46N4O10S/c1-19-12-22-14-41(51)16-45(4)31(28(22)33(49)34(19)52-5)32-38-30-29(37-36(54-18-55-37)20(2)35(30)56-21(3)48)27(46(32)41)10-11-53-40(50)42(17-57-38)39-25(13-23(15-47)44-42)24-8-6-7-9-26(24)43-39/h6-9,12,23,27,31-32,38,43-44,47,49,51H,10-11,13-18H2,1-5H3/t23-,27-,31-,32+,38+,41?,42+/m0/s1. The molecule has 2 unspecified atom stereocenters. The third-order valence-electron chi connectivity index (χ3n) is 13.0. The van der Waals surface area contributed by atoms with Gasteiger partial charge in [-0.05, 0) is 50.1 Å². The quantitative estimate of drug-likeness (QED) is 0.149. The van der Waals surface area contributed by atoms with Crippen LogP contribution in [0.15, 0.2) is 30.3 Å². The van der Waals surface area contributed by atoms with Crippen LogP contribution in [0.5, 0.6) is 28.7 Å². The largest absolute Gasteiger partial charge is 0.504 e. The van der Waals surface area contributed by atoms with Crippen LogP contribution in [0.2, 0.25) is 0 Å². The van der Waals surface area contributed by atoms with Crippen molar-refractivity contribution in [1.82, 2.24) is 20.1 Å². The normalized spacial score (nSPS) is 31.2. The first-order chi connectivity index (χ1) is 27.4. The minimum atomic E-state index is -1.47. The van der Waals surface area contributed by atoms with Gasteiger partial charge in [-0.1, -0.05) is 24.3 Å². The number of carbonyl (C=O) groups excluding carboxylic acids is 2. The number of phenolic OH excluding ortho intramolecular Hbond substituents is 1. The summed E-state index contributed by atoms with van der Waals surface area (Å²) in [4.78, 5) is 35.7. The summed E-state index contributed by atoms with van der Waals surface area (Å²) in [5.74, 6) is 0.844. The highest BCUT2D eigenvalue weighted by Crippen LogP contribution is 2.65. The van der Waals surface area contributed by atoms with Gasteiger partial charge in [-0.25, -0.2) is 4.79 Å². The molecule has 15 heteroatoms. The van der Waals surface area contributed by atoms with Crippen molar-refractivity contribution in [2.45, 2.75) is 80.7 Å². The number of thioether (sulfide) groups is 1. The first-order valence-electron chi connectivity index (χ1n) is 19.4. The summed E-state index contributed by atoms with van der Waals surface area (Å²) >= 11 is 1.48. The Morgan fingerprint density at radius 3 is 2.67 bits per heavy atom. The summed E-state index contributed by atoms with van der Waals surface area (Å²) < 4.78 is 30.7. The SMILES string of the molecule is COc1c(C)cc2c(c1O)[C@H]1[C@@H]3[C@@H]4SC[C@]5(N[C@H](CO)Cc6c5[nH]c5ccccc65)C(=O)OCC[C@@H](c5c6c(c(C)c(OC(C)=O)c54)OCO6)N3C(O)(C2)CN1C. The number of esters is 2. The number of aromatic nitrogens is 1. The van der Waals surface area contributed by atoms with E-state index in [-0.39, 0.29) is 50.9 Å². The highest BCUT2D eigenvalue weighted by molar-refractivity contribution is 7.99. The zero-order valence-electron chi connectivity index (χ0n) is 32.4. The number of rotatable bonds is 3. The van der Waals surface area contributed by atoms with Crippen molar-refractivity contribution in [2.24, 2.45) is 0 Å². The second-order valence-corrected chi connectivity index (χ2v) is 17.5. The number of H-pyrrole nitrogens is 1. The number of aromatic hydroxyl groups is 1. The third kappa shape index (κ3) is 5.08. The van der Waals surface area contributed by atoms with Crippen molar-refractivity contribution < 1.29 is 48.6 Å². The molecule has 1 aromatic heterocycles. The Labute approximate surface area is 333 Å². The molecule has 57 heavy (non-hydrogen) atoms. The molecule has 2 saturated heterocycles. The van der Waals surface area contributed by atoms with Gasteiger partial charge in [0.1, 0.15) is 11.5 Å². The summed E-state index contributed by atoms with van der Waals surface area (Å²) in [5, 5.41) is 40.0. The van der Waals surface area contributed by atoms with E-state index in [2.05, 4.69) is 20.1 Å². The Balaban J connectivity index is 1.26. The minimum Gasteiger partial charge on any atom is -0.504 e. The average molecular weight is 799 g/mol. The molecule has 0 radical (unpaired) electrons. The number of benzene rings is 3. The van der Waals surface area contributed by atoms with E-state index in [0.717, 1.165) is 27.6 Å².